The Bertz CT molecular complexity index is 1730. The molecule has 6 rings (SSSR count). The van der Waals surface area contributed by atoms with Crippen molar-refractivity contribution in [1.29, 1.82) is 0 Å². The van der Waals surface area contributed by atoms with E-state index in [1.54, 1.807) is 6.08 Å². The van der Waals surface area contributed by atoms with Crippen molar-refractivity contribution in [2.45, 2.75) is 74.8 Å². The fourth-order valence-electron chi connectivity index (χ4n) is 6.26. The van der Waals surface area contributed by atoms with Crippen LogP contribution in [0.5, 0.6) is 5.19 Å². The van der Waals surface area contributed by atoms with Gasteiger partial charge in [0, 0.05) is 22.5 Å². The maximum absolute atomic E-state index is 14.3. The molecule has 2 aromatic carbocycles. The van der Waals surface area contributed by atoms with E-state index >= 15 is 0 Å². The average molecular weight is 740 g/mol. The topological polar surface area (TPSA) is 121 Å². The van der Waals surface area contributed by atoms with Crippen LogP contribution < -0.4 is 15.4 Å². The van der Waals surface area contributed by atoms with Crippen molar-refractivity contribution in [3.8, 4) is 5.19 Å². The number of halogens is 5. The van der Waals surface area contributed by atoms with E-state index in [9.17, 15) is 37.1 Å². The molecule has 15 heteroatoms. The van der Waals surface area contributed by atoms with Crippen LogP contribution in [0.4, 0.5) is 23.2 Å². The number of nitrogens with one attached hydrogen (secondary N) is 2. The minimum absolute atomic E-state index is 0.0261. The molecule has 0 spiro atoms. The number of hydrogen-bond acceptors (Lipinski definition) is 7. The van der Waals surface area contributed by atoms with E-state index in [1.165, 1.54) is 16.2 Å². The van der Waals surface area contributed by atoms with E-state index in [0.29, 0.717) is 36.0 Å². The Kier molecular flexibility index (Phi) is 9.22. The number of carbonyl (C=O) groups is 3. The molecule has 0 bridgehead atoms. The number of benzene rings is 2. The number of amides is 2. The molecule has 2 aliphatic heterocycles. The largest absolute Gasteiger partial charge is 0.479 e. The lowest BCUT2D eigenvalue weighted by atomic mass is 10.0. The third-order valence-corrected chi connectivity index (χ3v) is 10.2. The van der Waals surface area contributed by atoms with Crippen LogP contribution in [0.25, 0.3) is 10.2 Å². The molecule has 0 radical (unpaired) electrons. The van der Waals surface area contributed by atoms with E-state index in [2.05, 4.69) is 31.5 Å². The summed E-state index contributed by atoms with van der Waals surface area (Å²) in [6.45, 7) is -0.0604. The van der Waals surface area contributed by atoms with Gasteiger partial charge < -0.3 is 25.4 Å². The number of aliphatic carboxylic acids is 1. The van der Waals surface area contributed by atoms with Crippen molar-refractivity contribution in [2.75, 3.05) is 11.9 Å². The summed E-state index contributed by atoms with van der Waals surface area (Å²) in [5.74, 6) is -3.97. The van der Waals surface area contributed by atoms with Crippen molar-refractivity contribution in [1.82, 2.24) is 15.2 Å². The number of hydrogen-bond donors (Lipinski definition) is 3. The Morgan fingerprint density at radius 1 is 1.17 bits per heavy atom. The number of ether oxygens (including phenoxy) is 1. The molecule has 3 aromatic rings. The molecular weight excluding hydrogens is 708 g/mol. The van der Waals surface area contributed by atoms with Crippen LogP contribution in [-0.2, 0) is 20.6 Å². The maximum Gasteiger partial charge on any atom is 0.416 e. The molecule has 2 amide bonds. The van der Waals surface area contributed by atoms with Gasteiger partial charge in [0.15, 0.2) is 0 Å². The third-order valence-electron chi connectivity index (χ3n) is 8.79. The van der Waals surface area contributed by atoms with Crippen LogP contribution in [-0.4, -0.2) is 63.0 Å². The van der Waals surface area contributed by atoms with E-state index < -0.39 is 65.0 Å². The number of anilines is 1. The number of fused-ring (bicyclic) bond motifs is 3. The summed E-state index contributed by atoms with van der Waals surface area (Å²) in [5, 5.41) is 15.9. The van der Waals surface area contributed by atoms with E-state index in [4.69, 9.17) is 4.74 Å². The van der Waals surface area contributed by atoms with Crippen LogP contribution in [0.2, 0.25) is 0 Å². The third kappa shape index (κ3) is 7.25. The van der Waals surface area contributed by atoms with Gasteiger partial charge in [0.2, 0.25) is 11.8 Å². The predicted molar refractivity (Wildman–Crippen MR) is 170 cm³/mol. The lowest BCUT2D eigenvalue weighted by Gasteiger charge is -2.30. The number of carboxylic acids is 1. The highest BCUT2D eigenvalue weighted by Crippen LogP contribution is 2.45. The van der Waals surface area contributed by atoms with Crippen LogP contribution in [0, 0.1) is 11.7 Å². The Hall–Kier alpha value is -3.72. The summed E-state index contributed by atoms with van der Waals surface area (Å²) < 4.78 is 62.6. The quantitative estimate of drug-likeness (QED) is 0.201. The number of rotatable bonds is 5. The van der Waals surface area contributed by atoms with Gasteiger partial charge in [0.05, 0.1) is 22.3 Å². The first-order valence-corrected chi connectivity index (χ1v) is 16.8. The second-order valence-corrected chi connectivity index (χ2v) is 14.0. The summed E-state index contributed by atoms with van der Waals surface area (Å²) >= 11 is 4.71. The van der Waals surface area contributed by atoms with Gasteiger partial charge in [-0.2, -0.15) is 13.2 Å². The summed E-state index contributed by atoms with van der Waals surface area (Å²) in [6.07, 6.45) is 1.20. The Morgan fingerprint density at radius 3 is 2.74 bits per heavy atom. The minimum atomic E-state index is -4.81. The van der Waals surface area contributed by atoms with Crippen LogP contribution in [0.1, 0.15) is 50.5 Å². The molecule has 3 N–H and O–H groups in total. The van der Waals surface area contributed by atoms with Gasteiger partial charge >= 0.3 is 12.1 Å². The number of carboxylic acid groups (broad SMARTS) is 1. The van der Waals surface area contributed by atoms with Gasteiger partial charge in [-0.1, -0.05) is 52.3 Å². The Labute approximate surface area is 279 Å². The number of carbonyl (C=O) groups excluding carboxylic acids is 2. The average Bonchev–Trinajstić information content (AvgIpc) is 3.32. The van der Waals surface area contributed by atoms with E-state index in [-0.39, 0.29) is 31.5 Å². The molecule has 0 unspecified atom stereocenters. The number of nitrogens with zero attached hydrogens (tertiary/aromatic N) is 2. The van der Waals surface area contributed by atoms with Crippen LogP contribution in [0.15, 0.2) is 53.0 Å². The lowest BCUT2D eigenvalue weighted by molar-refractivity contribution is -0.145. The van der Waals surface area contributed by atoms with Crippen molar-refractivity contribution in [3.63, 3.8) is 0 Å². The lowest BCUT2D eigenvalue weighted by Crippen LogP contribution is -2.55. The van der Waals surface area contributed by atoms with Crippen molar-refractivity contribution in [2.24, 2.45) is 5.92 Å². The summed E-state index contributed by atoms with van der Waals surface area (Å²) in [7, 11) is 0. The molecule has 47 heavy (non-hydrogen) atoms. The molecule has 5 atom stereocenters. The Balaban J connectivity index is 1.31. The maximum atomic E-state index is 14.3. The fourth-order valence-corrected chi connectivity index (χ4v) is 7.69. The monoisotopic (exact) mass is 738 g/mol. The van der Waals surface area contributed by atoms with Crippen LogP contribution >= 0.6 is 27.3 Å². The molecule has 9 nitrogen and oxygen atoms in total. The zero-order chi connectivity index (χ0) is 33.5. The van der Waals surface area contributed by atoms with E-state index in [1.807, 2.05) is 24.3 Å². The minimum Gasteiger partial charge on any atom is -0.479 e. The van der Waals surface area contributed by atoms with Crippen molar-refractivity contribution in [3.05, 3.63) is 64.4 Å². The van der Waals surface area contributed by atoms with Crippen molar-refractivity contribution < 1.29 is 41.8 Å². The number of allylic oxidation sites excluding steroid dienone is 1. The number of alkyl halides is 3. The summed E-state index contributed by atoms with van der Waals surface area (Å²) in [6, 6.07) is 5.31. The number of thiazole rings is 1. The van der Waals surface area contributed by atoms with Gasteiger partial charge in [-0.3, -0.25) is 9.59 Å². The summed E-state index contributed by atoms with van der Waals surface area (Å²) in [5.41, 5.74) is -2.24. The normalized spacial score (nSPS) is 27.0. The molecule has 1 aromatic heterocycles. The first-order chi connectivity index (χ1) is 22.3. The standard InChI is InChI=1S/C32H31BrF4N4O5S/c33-19-8-9-23-26(12-19)47-30(39-23)46-22-14-25-27(42)40-31(29(44)45)15-17(31)6-4-2-1-3-5-7-24(28(43)41(25)16-22)38-21-11-18(32(35,36)37)10-20(34)13-21/h4,6,8-13,17,22,24-25,38H,1-3,5,7,14-16H2,(H,40,42)(H,44,45)/t17-,22-,24+,25+,31-/m1/s1. The molecule has 3 aliphatic rings. The predicted octanol–water partition coefficient (Wildman–Crippen LogP) is 6.53. The smallest absolute Gasteiger partial charge is 0.416 e. The summed E-state index contributed by atoms with van der Waals surface area (Å²) in [4.78, 5) is 46.1. The zero-order valence-corrected chi connectivity index (χ0v) is 27.3. The zero-order valence-electron chi connectivity index (χ0n) is 24.9. The van der Waals surface area contributed by atoms with Gasteiger partial charge in [-0.15, -0.1) is 0 Å². The van der Waals surface area contributed by atoms with Gasteiger partial charge in [-0.05, 0) is 62.1 Å². The first kappa shape index (κ1) is 33.2. The molecule has 2 fully saturated rings. The van der Waals surface area contributed by atoms with Gasteiger partial charge in [-0.25, -0.2) is 14.2 Å². The molecular formula is C32H31BrF4N4O5S. The van der Waals surface area contributed by atoms with Gasteiger partial charge in [0.25, 0.3) is 5.19 Å². The van der Waals surface area contributed by atoms with E-state index in [0.717, 1.165) is 27.7 Å². The molecule has 1 saturated carbocycles. The molecule has 1 aliphatic carbocycles. The molecule has 3 heterocycles. The SMILES string of the molecule is O=C1N[C@]2(C(=O)O)C[C@H]2C=CCCCCC[C@H](Nc2cc(F)cc(C(F)(F)F)c2)C(=O)N2C[C@H](Oc3nc4ccc(Br)cc4s3)C[C@@H]12. The highest BCUT2D eigenvalue weighted by Gasteiger charge is 2.61. The van der Waals surface area contributed by atoms with Crippen molar-refractivity contribution >= 4 is 61.0 Å². The van der Waals surface area contributed by atoms with Gasteiger partial charge in [0.1, 0.15) is 29.5 Å². The fraction of sp³-hybridized carbons (Fsp3) is 0.438. The number of aromatic nitrogens is 1. The molecule has 250 valence electrons. The second kappa shape index (κ2) is 13.1. The first-order valence-electron chi connectivity index (χ1n) is 15.2. The Morgan fingerprint density at radius 2 is 1.98 bits per heavy atom. The highest BCUT2D eigenvalue weighted by atomic mass is 79.9. The molecule has 1 saturated heterocycles. The highest BCUT2D eigenvalue weighted by molar-refractivity contribution is 9.10. The second-order valence-electron chi connectivity index (χ2n) is 12.1. The van der Waals surface area contributed by atoms with Crippen LogP contribution in [0.3, 0.4) is 0 Å².